The van der Waals surface area contributed by atoms with E-state index >= 15 is 0 Å². The largest absolute Gasteiger partial charge is 0.298 e. The van der Waals surface area contributed by atoms with Crippen LogP contribution in [-0.4, -0.2) is 29.6 Å². The smallest absolute Gasteiger partial charge is 0.260 e. The SMILES string of the molecule is O=C(CN1C(=O)c2cccc3cccc1c23)N/N=C\c1cccnc1. The summed E-state index contributed by atoms with van der Waals surface area (Å²) < 4.78 is 0. The van der Waals surface area contributed by atoms with Gasteiger partial charge in [-0.15, -0.1) is 0 Å². The summed E-state index contributed by atoms with van der Waals surface area (Å²) >= 11 is 0. The van der Waals surface area contributed by atoms with Crippen LogP contribution in [-0.2, 0) is 4.79 Å². The summed E-state index contributed by atoms with van der Waals surface area (Å²) in [5, 5.41) is 5.78. The quantitative estimate of drug-likeness (QED) is 0.589. The molecule has 0 bridgehead atoms. The Morgan fingerprint density at radius 3 is 2.80 bits per heavy atom. The van der Waals surface area contributed by atoms with Crippen molar-refractivity contribution < 1.29 is 9.59 Å². The Hall–Kier alpha value is -3.54. The second kappa shape index (κ2) is 6.16. The summed E-state index contributed by atoms with van der Waals surface area (Å²) in [4.78, 5) is 30.2. The van der Waals surface area contributed by atoms with Gasteiger partial charge in [-0.1, -0.05) is 30.3 Å². The third kappa shape index (κ3) is 2.74. The van der Waals surface area contributed by atoms with Crippen molar-refractivity contribution >= 4 is 34.5 Å². The number of hydrazone groups is 1. The fourth-order valence-corrected chi connectivity index (χ4v) is 2.95. The van der Waals surface area contributed by atoms with Crippen LogP contribution >= 0.6 is 0 Å². The minimum atomic E-state index is -0.363. The Bertz CT molecular complexity index is 993. The molecule has 0 atom stereocenters. The number of hydrogen-bond acceptors (Lipinski definition) is 4. The van der Waals surface area contributed by atoms with Gasteiger partial charge in [0.25, 0.3) is 11.8 Å². The van der Waals surface area contributed by atoms with Crippen LogP contribution in [0, 0.1) is 0 Å². The number of carbonyl (C=O) groups is 2. The summed E-state index contributed by atoms with van der Waals surface area (Å²) in [6, 6.07) is 14.9. The molecule has 0 fully saturated rings. The molecule has 1 aromatic heterocycles. The maximum atomic E-state index is 12.6. The zero-order chi connectivity index (χ0) is 17.2. The van der Waals surface area contributed by atoms with E-state index in [1.54, 1.807) is 24.5 Å². The van der Waals surface area contributed by atoms with E-state index in [1.807, 2.05) is 36.4 Å². The molecule has 1 N–H and O–H groups in total. The maximum Gasteiger partial charge on any atom is 0.260 e. The van der Waals surface area contributed by atoms with Crippen LogP contribution in [0.1, 0.15) is 15.9 Å². The molecule has 1 aliphatic heterocycles. The molecular weight excluding hydrogens is 316 g/mol. The van der Waals surface area contributed by atoms with Crippen molar-refractivity contribution in [3.8, 4) is 0 Å². The van der Waals surface area contributed by atoms with E-state index in [2.05, 4.69) is 15.5 Å². The Balaban J connectivity index is 1.50. The number of nitrogens with one attached hydrogen (secondary N) is 1. The number of benzene rings is 2. The van der Waals surface area contributed by atoms with Gasteiger partial charge in [-0.05, 0) is 23.6 Å². The van der Waals surface area contributed by atoms with Gasteiger partial charge in [0.15, 0.2) is 0 Å². The first kappa shape index (κ1) is 15.0. The maximum absolute atomic E-state index is 12.6. The first-order valence-electron chi connectivity index (χ1n) is 7.79. The fraction of sp³-hybridized carbons (Fsp3) is 0.0526. The Morgan fingerprint density at radius 1 is 1.16 bits per heavy atom. The second-order valence-corrected chi connectivity index (χ2v) is 5.65. The molecule has 0 saturated carbocycles. The highest BCUT2D eigenvalue weighted by atomic mass is 16.2. The Morgan fingerprint density at radius 2 is 2.00 bits per heavy atom. The molecule has 0 aliphatic carbocycles. The molecule has 0 saturated heterocycles. The van der Waals surface area contributed by atoms with E-state index < -0.39 is 0 Å². The number of hydrogen-bond donors (Lipinski definition) is 1. The van der Waals surface area contributed by atoms with Gasteiger partial charge in [0.1, 0.15) is 6.54 Å². The van der Waals surface area contributed by atoms with Gasteiger partial charge in [-0.25, -0.2) is 5.43 Å². The monoisotopic (exact) mass is 330 g/mol. The number of amides is 2. The van der Waals surface area contributed by atoms with Crippen molar-refractivity contribution in [2.24, 2.45) is 5.10 Å². The van der Waals surface area contributed by atoms with E-state index in [1.165, 1.54) is 11.1 Å². The standard InChI is InChI=1S/C19H14N4O2/c24-17(22-21-11-13-4-3-9-20-10-13)12-23-16-8-2-6-14-5-1-7-15(18(14)16)19(23)25/h1-11H,12H2,(H,22,24)/b21-11-. The van der Waals surface area contributed by atoms with Crippen LogP contribution in [0.4, 0.5) is 5.69 Å². The zero-order valence-corrected chi connectivity index (χ0v) is 13.2. The van der Waals surface area contributed by atoms with Crippen LogP contribution in [0.3, 0.4) is 0 Å². The normalized spacial score (nSPS) is 13.0. The van der Waals surface area contributed by atoms with Crippen molar-refractivity contribution in [1.82, 2.24) is 10.4 Å². The molecule has 0 spiro atoms. The van der Waals surface area contributed by atoms with Gasteiger partial charge >= 0.3 is 0 Å². The number of carbonyl (C=O) groups excluding carboxylic acids is 2. The molecule has 122 valence electrons. The molecule has 2 heterocycles. The lowest BCUT2D eigenvalue weighted by atomic mass is 10.1. The van der Waals surface area contributed by atoms with Crippen LogP contribution < -0.4 is 10.3 Å². The highest BCUT2D eigenvalue weighted by Gasteiger charge is 2.30. The summed E-state index contributed by atoms with van der Waals surface area (Å²) in [6.07, 6.45) is 4.80. The molecule has 0 radical (unpaired) electrons. The van der Waals surface area contributed by atoms with Crippen molar-refractivity contribution in [2.75, 3.05) is 11.4 Å². The molecular formula is C19H14N4O2. The van der Waals surface area contributed by atoms with Crippen molar-refractivity contribution in [3.05, 3.63) is 72.1 Å². The summed E-state index contributed by atoms with van der Waals surface area (Å²) in [7, 11) is 0. The van der Waals surface area contributed by atoms with Gasteiger partial charge in [-0.2, -0.15) is 5.10 Å². The average molecular weight is 330 g/mol. The van der Waals surface area contributed by atoms with Crippen LogP contribution in [0.5, 0.6) is 0 Å². The van der Waals surface area contributed by atoms with Crippen LogP contribution in [0.25, 0.3) is 10.8 Å². The minimum Gasteiger partial charge on any atom is -0.298 e. The summed E-state index contributed by atoms with van der Waals surface area (Å²) in [5.74, 6) is -0.531. The van der Waals surface area contributed by atoms with Gasteiger partial charge in [-0.3, -0.25) is 19.5 Å². The van der Waals surface area contributed by atoms with E-state index in [9.17, 15) is 9.59 Å². The summed E-state index contributed by atoms with van der Waals surface area (Å²) in [5.41, 5.74) is 4.60. The molecule has 6 heteroatoms. The van der Waals surface area contributed by atoms with E-state index in [-0.39, 0.29) is 18.4 Å². The fourth-order valence-electron chi connectivity index (χ4n) is 2.95. The Labute approximate surface area is 143 Å². The lowest BCUT2D eigenvalue weighted by Gasteiger charge is -2.16. The molecule has 0 unspecified atom stereocenters. The third-order valence-electron chi connectivity index (χ3n) is 4.04. The Kier molecular flexibility index (Phi) is 3.70. The third-order valence-corrected chi connectivity index (χ3v) is 4.04. The zero-order valence-electron chi connectivity index (χ0n) is 13.2. The first-order chi connectivity index (χ1) is 12.2. The second-order valence-electron chi connectivity index (χ2n) is 5.65. The van der Waals surface area contributed by atoms with Gasteiger partial charge < -0.3 is 0 Å². The molecule has 2 aromatic carbocycles. The topological polar surface area (TPSA) is 74.7 Å². The highest BCUT2D eigenvalue weighted by molar-refractivity contribution is 6.26. The molecule has 4 rings (SSSR count). The molecule has 3 aromatic rings. The summed E-state index contributed by atoms with van der Waals surface area (Å²) in [6.45, 7) is -0.0863. The van der Waals surface area contributed by atoms with Gasteiger partial charge in [0.2, 0.25) is 0 Å². The van der Waals surface area contributed by atoms with Gasteiger partial charge in [0, 0.05) is 28.9 Å². The highest BCUT2D eigenvalue weighted by Crippen LogP contribution is 2.36. The van der Waals surface area contributed by atoms with E-state index in [4.69, 9.17) is 0 Å². The minimum absolute atomic E-state index is 0.0863. The first-order valence-corrected chi connectivity index (χ1v) is 7.79. The number of pyridine rings is 1. The van der Waals surface area contributed by atoms with Crippen molar-refractivity contribution in [2.45, 2.75) is 0 Å². The predicted molar refractivity (Wildman–Crippen MR) is 95.6 cm³/mol. The number of nitrogens with zero attached hydrogens (tertiary/aromatic N) is 3. The molecule has 1 aliphatic rings. The average Bonchev–Trinajstić information content (AvgIpc) is 2.91. The van der Waals surface area contributed by atoms with Crippen molar-refractivity contribution in [3.63, 3.8) is 0 Å². The van der Waals surface area contributed by atoms with E-state index in [0.29, 0.717) is 5.56 Å². The molecule has 2 amide bonds. The van der Waals surface area contributed by atoms with Crippen LogP contribution in [0.2, 0.25) is 0 Å². The molecule has 6 nitrogen and oxygen atoms in total. The number of rotatable bonds is 4. The lowest BCUT2D eigenvalue weighted by molar-refractivity contribution is -0.119. The number of anilines is 1. The number of aromatic nitrogens is 1. The lowest BCUT2D eigenvalue weighted by Crippen LogP contribution is -2.37. The van der Waals surface area contributed by atoms with Crippen LogP contribution in [0.15, 0.2) is 66.0 Å². The van der Waals surface area contributed by atoms with E-state index in [0.717, 1.165) is 22.0 Å². The van der Waals surface area contributed by atoms with Gasteiger partial charge in [0.05, 0.1) is 11.9 Å². The van der Waals surface area contributed by atoms with Crippen molar-refractivity contribution in [1.29, 1.82) is 0 Å². The molecule has 25 heavy (non-hydrogen) atoms. The predicted octanol–water partition coefficient (Wildman–Crippen LogP) is 2.35.